The van der Waals surface area contributed by atoms with Gasteiger partial charge >= 0.3 is 0 Å². The molecule has 102 valence electrons. The molecular weight excluding hydrogens is 248 g/mol. The van der Waals surface area contributed by atoms with Crippen LogP contribution in [0, 0.1) is 18.6 Å². The van der Waals surface area contributed by atoms with E-state index >= 15 is 0 Å². The second-order valence-electron chi connectivity index (χ2n) is 4.49. The van der Waals surface area contributed by atoms with Crippen LogP contribution < -0.4 is 5.32 Å². The SMILES string of the molecule is CCCNCc1cc(F)c(-n2ccc(C)n2)c(F)c1. The molecule has 0 spiro atoms. The molecule has 19 heavy (non-hydrogen) atoms. The average Bonchev–Trinajstić information content (AvgIpc) is 2.75. The normalized spacial score (nSPS) is 10.9. The highest BCUT2D eigenvalue weighted by molar-refractivity contribution is 5.37. The summed E-state index contributed by atoms with van der Waals surface area (Å²) >= 11 is 0. The monoisotopic (exact) mass is 265 g/mol. The van der Waals surface area contributed by atoms with Crippen molar-refractivity contribution in [1.82, 2.24) is 15.1 Å². The molecule has 2 aromatic rings. The molecule has 0 atom stereocenters. The summed E-state index contributed by atoms with van der Waals surface area (Å²) in [5, 5.41) is 7.14. The van der Waals surface area contributed by atoms with E-state index in [2.05, 4.69) is 10.4 Å². The van der Waals surface area contributed by atoms with Gasteiger partial charge in [0.25, 0.3) is 0 Å². The number of rotatable bonds is 5. The molecule has 2 rings (SSSR count). The lowest BCUT2D eigenvalue weighted by Gasteiger charge is -2.09. The van der Waals surface area contributed by atoms with Crippen LogP contribution in [-0.4, -0.2) is 16.3 Å². The lowest BCUT2D eigenvalue weighted by molar-refractivity contribution is 0.553. The van der Waals surface area contributed by atoms with Gasteiger partial charge < -0.3 is 5.32 Å². The topological polar surface area (TPSA) is 29.9 Å². The third-order valence-electron chi connectivity index (χ3n) is 2.78. The number of aromatic nitrogens is 2. The van der Waals surface area contributed by atoms with Crippen LogP contribution in [0.1, 0.15) is 24.6 Å². The Balaban J connectivity index is 2.27. The Hall–Kier alpha value is -1.75. The molecule has 0 radical (unpaired) electrons. The fourth-order valence-electron chi connectivity index (χ4n) is 1.89. The fraction of sp³-hybridized carbons (Fsp3) is 0.357. The van der Waals surface area contributed by atoms with Gasteiger partial charge in [-0.1, -0.05) is 6.92 Å². The molecule has 0 unspecified atom stereocenters. The highest BCUT2D eigenvalue weighted by atomic mass is 19.1. The molecule has 0 aliphatic rings. The quantitative estimate of drug-likeness (QED) is 0.842. The van der Waals surface area contributed by atoms with Crippen molar-refractivity contribution in [2.45, 2.75) is 26.8 Å². The molecular formula is C14H17F2N3. The van der Waals surface area contributed by atoms with E-state index in [0.717, 1.165) is 13.0 Å². The summed E-state index contributed by atoms with van der Waals surface area (Å²) in [6.07, 6.45) is 2.53. The molecule has 0 amide bonds. The van der Waals surface area contributed by atoms with Crippen molar-refractivity contribution in [2.75, 3.05) is 6.54 Å². The molecule has 1 N–H and O–H groups in total. The van der Waals surface area contributed by atoms with Gasteiger partial charge in [0.1, 0.15) is 5.69 Å². The first-order chi connectivity index (χ1) is 9.11. The summed E-state index contributed by atoms with van der Waals surface area (Å²) in [5.41, 5.74) is 1.18. The predicted molar refractivity (Wildman–Crippen MR) is 70.2 cm³/mol. The van der Waals surface area contributed by atoms with E-state index in [1.54, 1.807) is 19.2 Å². The first-order valence-electron chi connectivity index (χ1n) is 6.33. The van der Waals surface area contributed by atoms with Crippen LogP contribution in [-0.2, 0) is 6.54 Å². The van der Waals surface area contributed by atoms with E-state index in [-0.39, 0.29) is 5.69 Å². The number of nitrogens with one attached hydrogen (secondary N) is 1. The van der Waals surface area contributed by atoms with Crippen molar-refractivity contribution in [3.05, 3.63) is 47.3 Å². The number of nitrogens with zero attached hydrogens (tertiary/aromatic N) is 2. The van der Waals surface area contributed by atoms with E-state index in [1.807, 2.05) is 6.92 Å². The van der Waals surface area contributed by atoms with Gasteiger partial charge in [0.15, 0.2) is 11.6 Å². The molecule has 0 saturated heterocycles. The summed E-state index contributed by atoms with van der Waals surface area (Å²) < 4.78 is 29.2. The van der Waals surface area contributed by atoms with Crippen molar-refractivity contribution in [1.29, 1.82) is 0 Å². The van der Waals surface area contributed by atoms with Crippen molar-refractivity contribution >= 4 is 0 Å². The van der Waals surface area contributed by atoms with E-state index in [9.17, 15) is 8.78 Å². The molecule has 0 aliphatic heterocycles. The molecule has 0 bridgehead atoms. The summed E-state index contributed by atoms with van der Waals surface area (Å²) in [6, 6.07) is 4.39. The highest BCUT2D eigenvalue weighted by Gasteiger charge is 2.13. The third-order valence-corrected chi connectivity index (χ3v) is 2.78. The fourth-order valence-corrected chi connectivity index (χ4v) is 1.89. The molecule has 0 aliphatic carbocycles. The number of benzene rings is 1. The first kappa shape index (κ1) is 13.7. The molecule has 1 aromatic heterocycles. The average molecular weight is 265 g/mol. The minimum atomic E-state index is -0.601. The molecule has 0 saturated carbocycles. The lowest BCUT2D eigenvalue weighted by atomic mass is 10.2. The van der Waals surface area contributed by atoms with Crippen molar-refractivity contribution in [2.24, 2.45) is 0 Å². The van der Waals surface area contributed by atoms with Crippen molar-refractivity contribution < 1.29 is 8.78 Å². The Morgan fingerprint density at radius 3 is 2.47 bits per heavy atom. The zero-order valence-corrected chi connectivity index (χ0v) is 11.1. The first-order valence-corrected chi connectivity index (χ1v) is 6.33. The van der Waals surface area contributed by atoms with E-state index in [1.165, 1.54) is 16.8 Å². The van der Waals surface area contributed by atoms with E-state index in [0.29, 0.717) is 17.8 Å². The number of aryl methyl sites for hydroxylation is 1. The van der Waals surface area contributed by atoms with Gasteiger partial charge in [0, 0.05) is 12.7 Å². The summed E-state index contributed by atoms with van der Waals surface area (Å²) in [5.74, 6) is -1.20. The minimum absolute atomic E-state index is 0.132. The van der Waals surface area contributed by atoms with E-state index < -0.39 is 11.6 Å². The zero-order valence-electron chi connectivity index (χ0n) is 11.1. The maximum absolute atomic E-state index is 14.0. The van der Waals surface area contributed by atoms with Crippen molar-refractivity contribution in [3.8, 4) is 5.69 Å². The number of hydrogen-bond acceptors (Lipinski definition) is 2. The molecule has 0 fully saturated rings. The maximum Gasteiger partial charge on any atom is 0.152 e. The van der Waals surface area contributed by atoms with Crippen LogP contribution in [0.15, 0.2) is 24.4 Å². The van der Waals surface area contributed by atoms with Gasteiger partial charge in [-0.25, -0.2) is 13.5 Å². The molecule has 3 nitrogen and oxygen atoms in total. The largest absolute Gasteiger partial charge is 0.313 e. The van der Waals surface area contributed by atoms with Gasteiger partial charge in [-0.3, -0.25) is 0 Å². The summed E-state index contributed by atoms with van der Waals surface area (Å²) in [7, 11) is 0. The summed E-state index contributed by atoms with van der Waals surface area (Å²) in [4.78, 5) is 0. The van der Waals surface area contributed by atoms with Crippen LogP contribution in [0.4, 0.5) is 8.78 Å². The van der Waals surface area contributed by atoms with Crippen LogP contribution in [0.3, 0.4) is 0 Å². The van der Waals surface area contributed by atoms with Crippen LogP contribution >= 0.6 is 0 Å². The third kappa shape index (κ3) is 3.17. The Labute approximate surface area is 111 Å². The Morgan fingerprint density at radius 2 is 1.95 bits per heavy atom. The van der Waals surface area contributed by atoms with E-state index in [4.69, 9.17) is 0 Å². The number of hydrogen-bond donors (Lipinski definition) is 1. The molecule has 1 aromatic carbocycles. The van der Waals surface area contributed by atoms with Gasteiger partial charge in [-0.2, -0.15) is 5.10 Å². The highest BCUT2D eigenvalue weighted by Crippen LogP contribution is 2.19. The van der Waals surface area contributed by atoms with Gasteiger partial charge in [-0.15, -0.1) is 0 Å². The zero-order chi connectivity index (χ0) is 13.8. The minimum Gasteiger partial charge on any atom is -0.313 e. The summed E-state index contributed by atoms with van der Waals surface area (Å²) in [6.45, 7) is 5.09. The number of halogens is 2. The van der Waals surface area contributed by atoms with Crippen LogP contribution in [0.5, 0.6) is 0 Å². The molecule has 5 heteroatoms. The predicted octanol–water partition coefficient (Wildman–Crippen LogP) is 2.96. The second-order valence-corrected chi connectivity index (χ2v) is 4.49. The maximum atomic E-state index is 14.0. The Morgan fingerprint density at radius 1 is 1.26 bits per heavy atom. The lowest BCUT2D eigenvalue weighted by Crippen LogP contribution is -2.14. The Bertz CT molecular complexity index is 541. The van der Waals surface area contributed by atoms with Crippen LogP contribution in [0.25, 0.3) is 5.69 Å². The van der Waals surface area contributed by atoms with Crippen LogP contribution in [0.2, 0.25) is 0 Å². The molecule has 1 heterocycles. The second kappa shape index (κ2) is 5.93. The van der Waals surface area contributed by atoms with Crippen molar-refractivity contribution in [3.63, 3.8) is 0 Å². The van der Waals surface area contributed by atoms with Gasteiger partial charge in [-0.05, 0) is 43.7 Å². The van der Waals surface area contributed by atoms with Gasteiger partial charge in [0.05, 0.1) is 5.69 Å². The smallest absolute Gasteiger partial charge is 0.152 e. The standard InChI is InChI=1S/C14H17F2N3/c1-3-5-17-9-11-7-12(15)14(13(16)8-11)19-6-4-10(2)18-19/h4,6-8,17H,3,5,9H2,1-2H3. The van der Waals surface area contributed by atoms with Gasteiger partial charge in [0.2, 0.25) is 0 Å². The Kier molecular flexibility index (Phi) is 4.27.